The lowest BCUT2D eigenvalue weighted by atomic mass is 10.0. The number of halogens is 2. The summed E-state index contributed by atoms with van der Waals surface area (Å²) in [7, 11) is 0. The van der Waals surface area contributed by atoms with Crippen LogP contribution >= 0.6 is 11.6 Å². The second-order valence-electron chi connectivity index (χ2n) is 4.84. The van der Waals surface area contributed by atoms with Gasteiger partial charge >= 0.3 is 0 Å². The summed E-state index contributed by atoms with van der Waals surface area (Å²) >= 11 is 6.14. The normalized spacial score (nSPS) is 12.7. The smallest absolute Gasteiger partial charge is 0.258 e. The average Bonchev–Trinajstić information content (AvgIpc) is 2.24. The van der Waals surface area contributed by atoms with Crippen molar-refractivity contribution in [2.45, 2.75) is 38.5 Å². The van der Waals surface area contributed by atoms with E-state index in [1.165, 1.54) is 12.1 Å². The van der Waals surface area contributed by atoms with Crippen LogP contribution in [0, 0.1) is 21.8 Å². The van der Waals surface area contributed by atoms with Gasteiger partial charge in [-0.05, 0) is 36.8 Å². The lowest BCUT2D eigenvalue weighted by molar-refractivity contribution is -0.385. The highest BCUT2D eigenvalue weighted by Gasteiger charge is 2.12. The molecule has 0 fully saturated rings. The minimum Gasteiger partial charge on any atom is -0.258 e. The number of nitrogens with zero attached hydrogens (tertiary/aromatic N) is 1. The summed E-state index contributed by atoms with van der Waals surface area (Å²) in [5, 5.41) is 10.6. The van der Waals surface area contributed by atoms with Crippen molar-refractivity contribution in [3.63, 3.8) is 0 Å². The highest BCUT2D eigenvalue weighted by atomic mass is 35.5. The predicted molar refractivity (Wildman–Crippen MR) is 70.5 cm³/mol. The number of aryl methyl sites for hydroxylation is 1. The van der Waals surface area contributed by atoms with Crippen molar-refractivity contribution in [3.8, 4) is 0 Å². The van der Waals surface area contributed by atoms with Crippen LogP contribution in [0.2, 0.25) is 0 Å². The summed E-state index contributed by atoms with van der Waals surface area (Å²) in [5.74, 6) is -0.0662. The molecule has 3 nitrogen and oxygen atoms in total. The summed E-state index contributed by atoms with van der Waals surface area (Å²) < 4.78 is 13.2. The maximum atomic E-state index is 13.2. The van der Waals surface area contributed by atoms with Gasteiger partial charge in [-0.3, -0.25) is 10.1 Å². The standard InChI is InChI=1S/C13H17ClFNO2/c1-9(2)5-11(14)4-3-10-6-12(15)8-13(7-10)16(17)18/h6-9,11H,3-5H2,1-2H3. The van der Waals surface area contributed by atoms with Crippen molar-refractivity contribution in [1.29, 1.82) is 0 Å². The van der Waals surface area contributed by atoms with Gasteiger partial charge < -0.3 is 0 Å². The van der Waals surface area contributed by atoms with E-state index >= 15 is 0 Å². The third kappa shape index (κ3) is 5.00. The molecule has 0 saturated carbocycles. The van der Waals surface area contributed by atoms with E-state index in [2.05, 4.69) is 13.8 Å². The zero-order valence-corrected chi connectivity index (χ0v) is 11.3. The van der Waals surface area contributed by atoms with Crippen molar-refractivity contribution in [1.82, 2.24) is 0 Å². The van der Waals surface area contributed by atoms with Crippen molar-refractivity contribution < 1.29 is 9.31 Å². The molecule has 0 bridgehead atoms. The molecule has 1 aromatic rings. The molecule has 0 spiro atoms. The minimum atomic E-state index is -0.584. The fourth-order valence-corrected chi connectivity index (χ4v) is 2.30. The van der Waals surface area contributed by atoms with E-state index in [1.54, 1.807) is 0 Å². The summed E-state index contributed by atoms with van der Waals surface area (Å²) in [6.45, 7) is 4.17. The SMILES string of the molecule is CC(C)CC(Cl)CCc1cc(F)cc([N+](=O)[O-])c1. The maximum Gasteiger partial charge on any atom is 0.272 e. The Morgan fingerprint density at radius 1 is 1.39 bits per heavy atom. The number of rotatable bonds is 6. The molecular weight excluding hydrogens is 257 g/mol. The van der Waals surface area contributed by atoms with Crippen molar-refractivity contribution in [3.05, 3.63) is 39.7 Å². The van der Waals surface area contributed by atoms with E-state index in [4.69, 9.17) is 11.6 Å². The number of nitro groups is 1. The van der Waals surface area contributed by atoms with Crippen LogP contribution in [0.1, 0.15) is 32.3 Å². The minimum absolute atomic E-state index is 0.0207. The van der Waals surface area contributed by atoms with E-state index in [-0.39, 0.29) is 11.1 Å². The van der Waals surface area contributed by atoms with Crippen LogP contribution in [0.5, 0.6) is 0 Å². The van der Waals surface area contributed by atoms with Gasteiger partial charge in [-0.2, -0.15) is 0 Å². The first-order valence-corrected chi connectivity index (χ1v) is 6.40. The van der Waals surface area contributed by atoms with Crippen LogP contribution in [0.15, 0.2) is 18.2 Å². The number of alkyl halides is 1. The second kappa shape index (κ2) is 6.69. The number of benzene rings is 1. The van der Waals surface area contributed by atoms with E-state index in [1.807, 2.05) is 0 Å². The summed E-state index contributed by atoms with van der Waals surface area (Å²) in [5.41, 5.74) is 0.413. The number of hydrogen-bond donors (Lipinski definition) is 0. The lowest BCUT2D eigenvalue weighted by Crippen LogP contribution is -2.05. The first-order chi connectivity index (χ1) is 8.38. The molecule has 1 aromatic carbocycles. The molecule has 1 unspecified atom stereocenters. The Hall–Kier alpha value is -1.16. The molecule has 100 valence electrons. The summed E-state index contributed by atoms with van der Waals surface area (Å²) in [4.78, 5) is 10.0. The van der Waals surface area contributed by atoms with Crippen LogP contribution in [0.25, 0.3) is 0 Å². The fraction of sp³-hybridized carbons (Fsp3) is 0.538. The molecule has 0 N–H and O–H groups in total. The molecule has 0 aliphatic carbocycles. The summed E-state index contributed by atoms with van der Waals surface area (Å²) in [6.07, 6.45) is 2.14. The van der Waals surface area contributed by atoms with Gasteiger partial charge in [0.15, 0.2) is 0 Å². The van der Waals surface area contributed by atoms with Crippen molar-refractivity contribution >= 4 is 17.3 Å². The van der Waals surface area contributed by atoms with Gasteiger partial charge in [0.2, 0.25) is 0 Å². The quantitative estimate of drug-likeness (QED) is 0.440. The molecule has 5 heteroatoms. The molecule has 1 rings (SSSR count). The molecule has 0 saturated heterocycles. The molecule has 0 radical (unpaired) electrons. The zero-order valence-electron chi connectivity index (χ0n) is 10.5. The van der Waals surface area contributed by atoms with Gasteiger partial charge in [-0.1, -0.05) is 13.8 Å². The van der Waals surface area contributed by atoms with E-state index in [9.17, 15) is 14.5 Å². The number of non-ortho nitro benzene ring substituents is 1. The Morgan fingerprint density at radius 2 is 2.06 bits per heavy atom. The number of nitro benzene ring substituents is 1. The van der Waals surface area contributed by atoms with Crippen molar-refractivity contribution in [2.24, 2.45) is 5.92 Å². The van der Waals surface area contributed by atoms with Crippen LogP contribution in [-0.4, -0.2) is 10.3 Å². The molecule has 0 aliphatic heterocycles. The lowest BCUT2D eigenvalue weighted by Gasteiger charge is -2.11. The summed E-state index contributed by atoms with van der Waals surface area (Å²) in [6, 6.07) is 3.66. The van der Waals surface area contributed by atoms with E-state index in [0.29, 0.717) is 24.3 Å². The molecule has 0 aromatic heterocycles. The van der Waals surface area contributed by atoms with Gasteiger partial charge in [0, 0.05) is 11.4 Å². The molecule has 1 atom stereocenters. The Labute approximate surface area is 111 Å². The molecule has 0 amide bonds. The first-order valence-electron chi connectivity index (χ1n) is 5.96. The van der Waals surface area contributed by atoms with Crippen LogP contribution in [0.3, 0.4) is 0 Å². The molecule has 0 heterocycles. The Balaban J connectivity index is 2.64. The highest BCUT2D eigenvalue weighted by molar-refractivity contribution is 6.20. The topological polar surface area (TPSA) is 43.1 Å². The predicted octanol–water partition coefficient (Wildman–Crippen LogP) is 4.32. The monoisotopic (exact) mass is 273 g/mol. The van der Waals surface area contributed by atoms with Gasteiger partial charge in [0.1, 0.15) is 5.82 Å². The largest absolute Gasteiger partial charge is 0.272 e. The van der Waals surface area contributed by atoms with E-state index in [0.717, 1.165) is 12.5 Å². The Bertz CT molecular complexity index is 423. The van der Waals surface area contributed by atoms with Gasteiger partial charge in [-0.15, -0.1) is 11.6 Å². The molecule has 0 aliphatic rings. The number of hydrogen-bond acceptors (Lipinski definition) is 2. The molecular formula is C13H17ClFNO2. The molecule has 18 heavy (non-hydrogen) atoms. The Kier molecular flexibility index (Phi) is 5.54. The second-order valence-corrected chi connectivity index (χ2v) is 5.46. The third-order valence-electron chi connectivity index (χ3n) is 2.63. The maximum absolute atomic E-state index is 13.2. The van der Waals surface area contributed by atoms with Crippen LogP contribution in [-0.2, 0) is 6.42 Å². The Morgan fingerprint density at radius 3 is 2.61 bits per heavy atom. The fourth-order valence-electron chi connectivity index (χ4n) is 1.84. The van der Waals surface area contributed by atoms with Gasteiger partial charge in [0.05, 0.1) is 11.0 Å². The van der Waals surface area contributed by atoms with Gasteiger partial charge in [-0.25, -0.2) is 4.39 Å². The van der Waals surface area contributed by atoms with E-state index < -0.39 is 10.7 Å². The average molecular weight is 274 g/mol. The van der Waals surface area contributed by atoms with Gasteiger partial charge in [0.25, 0.3) is 5.69 Å². The van der Waals surface area contributed by atoms with Crippen molar-refractivity contribution in [2.75, 3.05) is 0 Å². The third-order valence-corrected chi connectivity index (χ3v) is 3.02. The van der Waals surface area contributed by atoms with Crippen LogP contribution in [0.4, 0.5) is 10.1 Å². The first kappa shape index (κ1) is 14.9. The zero-order chi connectivity index (χ0) is 13.7. The van der Waals surface area contributed by atoms with Crippen LogP contribution < -0.4 is 0 Å². The highest BCUT2D eigenvalue weighted by Crippen LogP contribution is 2.20.